The summed E-state index contributed by atoms with van der Waals surface area (Å²) < 4.78 is 10.4. The van der Waals surface area contributed by atoms with Crippen LogP contribution in [0.4, 0.5) is 0 Å². The summed E-state index contributed by atoms with van der Waals surface area (Å²) in [6.45, 7) is 2.38. The van der Waals surface area contributed by atoms with Crippen LogP contribution in [0.3, 0.4) is 0 Å². The Morgan fingerprint density at radius 2 is 2.36 bits per heavy atom. The van der Waals surface area contributed by atoms with Crippen LogP contribution in [0, 0.1) is 0 Å². The van der Waals surface area contributed by atoms with Gasteiger partial charge in [0.15, 0.2) is 0 Å². The molecule has 0 aromatic heterocycles. The van der Waals surface area contributed by atoms with Crippen LogP contribution in [-0.2, 0) is 9.47 Å². The van der Waals surface area contributed by atoms with Gasteiger partial charge in [-0.15, -0.1) is 0 Å². The quantitative estimate of drug-likeness (QED) is 0.668. The normalized spacial score (nSPS) is 25.7. The Morgan fingerprint density at radius 1 is 1.50 bits per heavy atom. The first kappa shape index (κ1) is 11.9. The average Bonchev–Trinajstić information content (AvgIpc) is 2.45. The van der Waals surface area contributed by atoms with E-state index in [9.17, 15) is 0 Å². The molecule has 4 heteroatoms. The highest BCUT2D eigenvalue weighted by atomic mass is 16.5. The average molecular weight is 203 g/mol. The Bertz CT molecular complexity index is 135. The predicted octanol–water partition coefficient (Wildman–Crippen LogP) is 0.152. The molecule has 2 N–H and O–H groups in total. The summed E-state index contributed by atoms with van der Waals surface area (Å²) in [4.78, 5) is 0. The van der Waals surface area contributed by atoms with Gasteiger partial charge in [0.1, 0.15) is 0 Å². The summed E-state index contributed by atoms with van der Waals surface area (Å²) in [5, 5.41) is 12.5. The highest BCUT2D eigenvalue weighted by Gasteiger charge is 2.16. The van der Waals surface area contributed by atoms with E-state index in [0.717, 1.165) is 32.5 Å². The zero-order valence-electron chi connectivity index (χ0n) is 8.87. The van der Waals surface area contributed by atoms with E-state index in [2.05, 4.69) is 5.32 Å². The molecule has 0 radical (unpaired) electrons. The van der Waals surface area contributed by atoms with Gasteiger partial charge in [-0.2, -0.15) is 0 Å². The Morgan fingerprint density at radius 3 is 3.07 bits per heavy atom. The third kappa shape index (κ3) is 4.37. The number of methoxy groups -OCH3 is 1. The first-order chi connectivity index (χ1) is 6.86. The fraction of sp³-hybridized carbons (Fsp3) is 1.00. The van der Waals surface area contributed by atoms with Crippen LogP contribution in [-0.4, -0.2) is 50.7 Å². The summed E-state index contributed by atoms with van der Waals surface area (Å²) in [5.74, 6) is 0. The van der Waals surface area contributed by atoms with E-state index in [1.54, 1.807) is 7.11 Å². The molecule has 1 saturated heterocycles. The lowest BCUT2D eigenvalue weighted by Gasteiger charge is -2.22. The van der Waals surface area contributed by atoms with Gasteiger partial charge >= 0.3 is 0 Å². The van der Waals surface area contributed by atoms with Crippen molar-refractivity contribution in [1.82, 2.24) is 5.32 Å². The minimum absolute atomic E-state index is 0.0584. The van der Waals surface area contributed by atoms with E-state index in [1.807, 2.05) is 0 Å². The standard InChI is InChI=1S/C10H21NO3/c1-13-8-10(7-12)11-9-3-2-5-14-6-4-9/h9-12H,2-8H2,1H3. The van der Waals surface area contributed by atoms with Crippen molar-refractivity contribution in [3.63, 3.8) is 0 Å². The van der Waals surface area contributed by atoms with Crippen molar-refractivity contribution in [1.29, 1.82) is 0 Å². The molecule has 0 amide bonds. The molecule has 0 aromatic carbocycles. The second-order valence-electron chi connectivity index (χ2n) is 3.74. The molecular formula is C10H21NO3. The van der Waals surface area contributed by atoms with Gasteiger partial charge < -0.3 is 19.9 Å². The van der Waals surface area contributed by atoms with Gasteiger partial charge in [0, 0.05) is 26.4 Å². The Balaban J connectivity index is 2.24. The van der Waals surface area contributed by atoms with Gasteiger partial charge in [-0.3, -0.25) is 0 Å². The molecule has 1 heterocycles. The van der Waals surface area contributed by atoms with E-state index >= 15 is 0 Å². The molecule has 0 spiro atoms. The first-order valence-electron chi connectivity index (χ1n) is 5.30. The summed E-state index contributed by atoms with van der Waals surface area (Å²) in [6.07, 6.45) is 3.25. The van der Waals surface area contributed by atoms with Crippen LogP contribution in [0.15, 0.2) is 0 Å². The van der Waals surface area contributed by atoms with Crippen molar-refractivity contribution in [2.75, 3.05) is 33.5 Å². The summed E-state index contributed by atoms with van der Waals surface area (Å²) >= 11 is 0. The van der Waals surface area contributed by atoms with Crippen LogP contribution in [0.5, 0.6) is 0 Å². The number of nitrogens with one attached hydrogen (secondary N) is 1. The van der Waals surface area contributed by atoms with Crippen molar-refractivity contribution >= 4 is 0 Å². The van der Waals surface area contributed by atoms with Crippen LogP contribution in [0.2, 0.25) is 0 Å². The van der Waals surface area contributed by atoms with Crippen molar-refractivity contribution in [3.8, 4) is 0 Å². The van der Waals surface area contributed by atoms with Gasteiger partial charge in [-0.25, -0.2) is 0 Å². The molecule has 1 aliphatic rings. The topological polar surface area (TPSA) is 50.7 Å². The van der Waals surface area contributed by atoms with Crippen molar-refractivity contribution in [2.45, 2.75) is 31.3 Å². The predicted molar refractivity (Wildman–Crippen MR) is 54.3 cm³/mol. The Hall–Kier alpha value is -0.160. The second kappa shape index (κ2) is 7.17. The van der Waals surface area contributed by atoms with E-state index in [4.69, 9.17) is 14.6 Å². The van der Waals surface area contributed by atoms with Crippen molar-refractivity contribution in [3.05, 3.63) is 0 Å². The molecule has 14 heavy (non-hydrogen) atoms. The van der Waals surface area contributed by atoms with Crippen molar-refractivity contribution < 1.29 is 14.6 Å². The molecule has 0 bridgehead atoms. The second-order valence-corrected chi connectivity index (χ2v) is 3.74. The van der Waals surface area contributed by atoms with Gasteiger partial charge in [0.05, 0.1) is 19.3 Å². The SMILES string of the molecule is COCC(CO)NC1CCCOCC1. The van der Waals surface area contributed by atoms with Gasteiger partial charge in [-0.05, 0) is 19.3 Å². The van der Waals surface area contributed by atoms with E-state index < -0.39 is 0 Å². The zero-order valence-corrected chi connectivity index (χ0v) is 8.87. The molecule has 2 atom stereocenters. The molecule has 1 aliphatic heterocycles. The van der Waals surface area contributed by atoms with E-state index in [0.29, 0.717) is 12.6 Å². The highest BCUT2D eigenvalue weighted by Crippen LogP contribution is 2.08. The minimum Gasteiger partial charge on any atom is -0.395 e. The third-order valence-corrected chi connectivity index (χ3v) is 2.51. The lowest BCUT2D eigenvalue weighted by molar-refractivity contribution is 0.116. The molecule has 0 aromatic rings. The molecular weight excluding hydrogens is 182 g/mol. The summed E-state index contributed by atoms with van der Waals surface area (Å²) in [7, 11) is 1.65. The van der Waals surface area contributed by atoms with Crippen LogP contribution >= 0.6 is 0 Å². The third-order valence-electron chi connectivity index (χ3n) is 2.51. The number of aliphatic hydroxyl groups excluding tert-OH is 1. The van der Waals surface area contributed by atoms with Crippen LogP contribution < -0.4 is 5.32 Å². The first-order valence-corrected chi connectivity index (χ1v) is 5.30. The number of ether oxygens (including phenoxy) is 2. The van der Waals surface area contributed by atoms with E-state index in [1.165, 1.54) is 0 Å². The Labute approximate surface area is 85.6 Å². The van der Waals surface area contributed by atoms with Crippen LogP contribution in [0.25, 0.3) is 0 Å². The summed E-state index contributed by atoms with van der Waals surface area (Å²) in [6, 6.07) is 0.521. The lowest BCUT2D eigenvalue weighted by atomic mass is 10.1. The molecule has 1 fully saturated rings. The number of hydrogen-bond acceptors (Lipinski definition) is 4. The molecule has 84 valence electrons. The monoisotopic (exact) mass is 203 g/mol. The van der Waals surface area contributed by atoms with Gasteiger partial charge in [0.2, 0.25) is 0 Å². The molecule has 4 nitrogen and oxygen atoms in total. The van der Waals surface area contributed by atoms with Crippen molar-refractivity contribution in [2.24, 2.45) is 0 Å². The smallest absolute Gasteiger partial charge is 0.0638 e. The Kier molecular flexibility index (Phi) is 6.10. The molecule has 0 aliphatic carbocycles. The maximum absolute atomic E-state index is 9.08. The van der Waals surface area contributed by atoms with Gasteiger partial charge in [-0.1, -0.05) is 0 Å². The number of aliphatic hydroxyl groups is 1. The van der Waals surface area contributed by atoms with E-state index in [-0.39, 0.29) is 12.6 Å². The lowest BCUT2D eigenvalue weighted by Crippen LogP contribution is -2.43. The largest absolute Gasteiger partial charge is 0.395 e. The highest BCUT2D eigenvalue weighted by molar-refractivity contribution is 4.75. The number of rotatable bonds is 5. The fourth-order valence-corrected chi connectivity index (χ4v) is 1.76. The molecule has 1 rings (SSSR count). The number of hydrogen-bond donors (Lipinski definition) is 2. The molecule has 2 unspecified atom stereocenters. The zero-order chi connectivity index (χ0) is 10.2. The van der Waals surface area contributed by atoms with Crippen LogP contribution in [0.1, 0.15) is 19.3 Å². The maximum Gasteiger partial charge on any atom is 0.0638 e. The fourth-order valence-electron chi connectivity index (χ4n) is 1.76. The summed E-state index contributed by atoms with van der Waals surface area (Å²) in [5.41, 5.74) is 0. The minimum atomic E-state index is 0.0584. The molecule has 0 saturated carbocycles. The maximum atomic E-state index is 9.08. The van der Waals surface area contributed by atoms with Gasteiger partial charge in [0.25, 0.3) is 0 Å².